The van der Waals surface area contributed by atoms with Gasteiger partial charge in [0.15, 0.2) is 10.7 Å². The quantitative estimate of drug-likeness (QED) is 0.797. The van der Waals surface area contributed by atoms with Crippen molar-refractivity contribution in [1.29, 1.82) is 0 Å². The molecule has 0 radical (unpaired) electrons. The summed E-state index contributed by atoms with van der Waals surface area (Å²) in [5.41, 5.74) is 1.86. The van der Waals surface area contributed by atoms with Crippen LogP contribution in [0.25, 0.3) is 16.2 Å². The molecule has 0 saturated heterocycles. The molecule has 2 heterocycles. The average molecular weight is 274 g/mol. The second kappa shape index (κ2) is 4.40. The topological polar surface area (TPSA) is 63.8 Å². The van der Waals surface area contributed by atoms with Crippen molar-refractivity contribution in [3.05, 3.63) is 41.5 Å². The molecule has 0 bridgehead atoms. The molecule has 0 atom stereocenters. The zero-order chi connectivity index (χ0) is 13.4. The van der Waals surface area contributed by atoms with Crippen molar-refractivity contribution >= 4 is 22.3 Å². The van der Waals surface area contributed by atoms with Crippen LogP contribution >= 0.6 is 11.3 Å². The van der Waals surface area contributed by atoms with E-state index in [1.807, 2.05) is 29.6 Å². The van der Waals surface area contributed by atoms with Gasteiger partial charge >= 0.3 is 5.97 Å². The molecule has 6 heteroatoms. The Morgan fingerprint density at radius 2 is 2.32 bits per heavy atom. The molecule has 96 valence electrons. The molecule has 0 aliphatic carbocycles. The van der Waals surface area contributed by atoms with E-state index < -0.39 is 5.97 Å². The van der Waals surface area contributed by atoms with Crippen LogP contribution < -0.4 is 4.74 Å². The number of benzene rings is 1. The van der Waals surface area contributed by atoms with Crippen LogP contribution in [0.4, 0.5) is 0 Å². The summed E-state index contributed by atoms with van der Waals surface area (Å²) >= 11 is 1.41. The number of rotatable bonds is 3. The summed E-state index contributed by atoms with van der Waals surface area (Å²) in [5.74, 6) is -0.260. The van der Waals surface area contributed by atoms with Crippen LogP contribution in [-0.2, 0) is 0 Å². The maximum atomic E-state index is 11.2. The van der Waals surface area contributed by atoms with Crippen molar-refractivity contribution in [2.75, 3.05) is 7.11 Å². The molecule has 0 unspecified atom stereocenters. The Morgan fingerprint density at radius 3 is 3.05 bits per heavy atom. The Labute approximate surface area is 112 Å². The molecule has 0 aliphatic rings. The Hall–Kier alpha value is -2.34. The highest BCUT2D eigenvalue weighted by atomic mass is 32.1. The predicted octanol–water partition coefficient (Wildman–Crippen LogP) is 2.77. The molecule has 5 nitrogen and oxygen atoms in total. The van der Waals surface area contributed by atoms with Gasteiger partial charge in [-0.2, -0.15) is 0 Å². The number of hydrogen-bond donors (Lipinski definition) is 1. The summed E-state index contributed by atoms with van der Waals surface area (Å²) in [5, 5.41) is 11.1. The number of carboxylic acid groups (broad SMARTS) is 1. The van der Waals surface area contributed by atoms with Crippen LogP contribution in [-0.4, -0.2) is 27.6 Å². The summed E-state index contributed by atoms with van der Waals surface area (Å²) in [4.78, 5) is 16.0. The number of ether oxygens (including phenoxy) is 1. The number of carboxylic acids is 1. The monoisotopic (exact) mass is 274 g/mol. The van der Waals surface area contributed by atoms with E-state index in [4.69, 9.17) is 4.74 Å². The third-order valence-electron chi connectivity index (χ3n) is 2.83. The van der Waals surface area contributed by atoms with Crippen LogP contribution in [0.15, 0.2) is 35.8 Å². The molecule has 3 aromatic rings. The van der Waals surface area contributed by atoms with E-state index in [1.54, 1.807) is 11.5 Å². The highest BCUT2D eigenvalue weighted by Crippen LogP contribution is 2.29. The first-order valence-corrected chi connectivity index (χ1v) is 6.41. The molecule has 19 heavy (non-hydrogen) atoms. The van der Waals surface area contributed by atoms with E-state index in [2.05, 4.69) is 4.98 Å². The van der Waals surface area contributed by atoms with E-state index in [0.717, 1.165) is 17.0 Å². The van der Waals surface area contributed by atoms with Gasteiger partial charge in [0, 0.05) is 10.9 Å². The fourth-order valence-corrected chi connectivity index (χ4v) is 2.82. The number of fused-ring (bicyclic) bond motifs is 1. The first-order chi connectivity index (χ1) is 9.20. The minimum atomic E-state index is -0.991. The number of aromatic nitrogens is 2. The van der Waals surface area contributed by atoms with Gasteiger partial charge in [-0.15, -0.1) is 11.3 Å². The van der Waals surface area contributed by atoms with Crippen molar-refractivity contribution in [3.8, 4) is 17.0 Å². The molecule has 0 aliphatic heterocycles. The highest BCUT2D eigenvalue weighted by molar-refractivity contribution is 7.15. The van der Waals surface area contributed by atoms with Crippen LogP contribution in [0.1, 0.15) is 10.5 Å². The molecule has 2 aromatic heterocycles. The zero-order valence-corrected chi connectivity index (χ0v) is 10.8. The van der Waals surface area contributed by atoms with Gasteiger partial charge in [-0.1, -0.05) is 12.1 Å². The lowest BCUT2D eigenvalue weighted by Crippen LogP contribution is -2.01. The average Bonchev–Trinajstić information content (AvgIpc) is 2.99. The molecule has 0 amide bonds. The number of methoxy groups -OCH3 is 1. The fourth-order valence-electron chi connectivity index (χ4n) is 1.94. The summed E-state index contributed by atoms with van der Waals surface area (Å²) in [6.07, 6.45) is 1.37. The summed E-state index contributed by atoms with van der Waals surface area (Å²) in [6.45, 7) is 0. The smallest absolute Gasteiger partial charge is 0.354 e. The van der Waals surface area contributed by atoms with Crippen molar-refractivity contribution in [2.24, 2.45) is 0 Å². The summed E-state index contributed by atoms with van der Waals surface area (Å²) in [7, 11) is 1.60. The largest absolute Gasteiger partial charge is 0.497 e. The highest BCUT2D eigenvalue weighted by Gasteiger charge is 2.16. The van der Waals surface area contributed by atoms with E-state index in [0.29, 0.717) is 4.96 Å². The lowest BCUT2D eigenvalue weighted by molar-refractivity contribution is 0.0689. The second-order valence-electron chi connectivity index (χ2n) is 3.92. The first-order valence-electron chi connectivity index (χ1n) is 5.53. The molecule has 0 saturated carbocycles. The van der Waals surface area contributed by atoms with Crippen molar-refractivity contribution < 1.29 is 14.6 Å². The number of carbonyl (C=O) groups is 1. The van der Waals surface area contributed by atoms with Crippen molar-refractivity contribution in [1.82, 2.24) is 9.38 Å². The van der Waals surface area contributed by atoms with Crippen LogP contribution in [0, 0.1) is 0 Å². The molecular weight excluding hydrogens is 264 g/mol. The van der Waals surface area contributed by atoms with Gasteiger partial charge < -0.3 is 9.84 Å². The molecule has 0 fully saturated rings. The van der Waals surface area contributed by atoms with Crippen LogP contribution in [0.5, 0.6) is 5.75 Å². The Kier molecular flexibility index (Phi) is 2.72. The standard InChI is InChI=1S/C13H10N2O3S/c1-18-9-4-2-3-8(5-9)11-7-19-13-14-6-10(12(16)17)15(11)13/h2-7H,1H3,(H,16,17). The van der Waals surface area contributed by atoms with Gasteiger partial charge in [0.2, 0.25) is 0 Å². The second-order valence-corrected chi connectivity index (χ2v) is 4.76. The van der Waals surface area contributed by atoms with E-state index in [1.165, 1.54) is 17.5 Å². The fraction of sp³-hybridized carbons (Fsp3) is 0.0769. The Bertz CT molecular complexity index is 760. The van der Waals surface area contributed by atoms with Gasteiger partial charge in [0.1, 0.15) is 5.75 Å². The maximum absolute atomic E-state index is 11.2. The van der Waals surface area contributed by atoms with Crippen molar-refractivity contribution in [3.63, 3.8) is 0 Å². The molecule has 3 rings (SSSR count). The molecular formula is C13H10N2O3S. The Morgan fingerprint density at radius 1 is 1.47 bits per heavy atom. The van der Waals surface area contributed by atoms with Crippen LogP contribution in [0.3, 0.4) is 0 Å². The van der Waals surface area contributed by atoms with E-state index in [-0.39, 0.29) is 5.69 Å². The zero-order valence-electron chi connectivity index (χ0n) is 10.0. The SMILES string of the molecule is COc1cccc(-c2csc3ncc(C(=O)O)n23)c1. The molecule has 0 spiro atoms. The van der Waals surface area contributed by atoms with E-state index >= 15 is 0 Å². The lowest BCUT2D eigenvalue weighted by Gasteiger charge is -2.04. The normalized spacial score (nSPS) is 10.8. The minimum absolute atomic E-state index is 0.161. The van der Waals surface area contributed by atoms with Gasteiger partial charge in [-0.05, 0) is 12.1 Å². The third-order valence-corrected chi connectivity index (χ3v) is 3.67. The first kappa shape index (κ1) is 11.7. The predicted molar refractivity (Wildman–Crippen MR) is 72.0 cm³/mol. The Balaban J connectivity index is 2.24. The maximum Gasteiger partial charge on any atom is 0.354 e. The number of nitrogens with zero attached hydrogens (tertiary/aromatic N) is 2. The third kappa shape index (κ3) is 1.86. The van der Waals surface area contributed by atoms with Crippen LogP contribution in [0.2, 0.25) is 0 Å². The molecule has 1 aromatic carbocycles. The lowest BCUT2D eigenvalue weighted by atomic mass is 10.1. The summed E-state index contributed by atoms with van der Waals surface area (Å²) in [6, 6.07) is 7.50. The number of hydrogen-bond acceptors (Lipinski definition) is 4. The van der Waals surface area contributed by atoms with Crippen molar-refractivity contribution in [2.45, 2.75) is 0 Å². The minimum Gasteiger partial charge on any atom is -0.497 e. The van der Waals surface area contributed by atoms with Gasteiger partial charge in [0.25, 0.3) is 0 Å². The van der Waals surface area contributed by atoms with E-state index in [9.17, 15) is 9.90 Å². The van der Waals surface area contributed by atoms with Gasteiger partial charge in [-0.3, -0.25) is 4.40 Å². The number of thiazole rings is 1. The number of imidazole rings is 1. The summed E-state index contributed by atoms with van der Waals surface area (Å²) < 4.78 is 6.83. The van der Waals surface area contributed by atoms with Gasteiger partial charge in [0.05, 0.1) is 19.0 Å². The molecule has 1 N–H and O–H groups in total. The van der Waals surface area contributed by atoms with Gasteiger partial charge in [-0.25, -0.2) is 9.78 Å². The number of aromatic carboxylic acids is 1.